The molecule has 3 nitrogen and oxygen atoms in total. The van der Waals surface area contributed by atoms with Gasteiger partial charge in [-0.05, 0) is 94.4 Å². The van der Waals surface area contributed by atoms with E-state index in [2.05, 4.69) is 30.9 Å². The molecule has 4 aliphatic rings. The molecule has 0 bridgehead atoms. The van der Waals surface area contributed by atoms with Crippen molar-refractivity contribution in [1.82, 2.24) is 4.90 Å². The minimum Gasteiger partial charge on any atom is -0.393 e. The lowest BCUT2D eigenvalue weighted by atomic mass is 9.61. The van der Waals surface area contributed by atoms with Gasteiger partial charge in [-0.1, -0.05) is 37.1 Å². The molecular weight excluding hydrogens is 408 g/mol. The fourth-order valence-electron chi connectivity index (χ4n) is 7.69. The van der Waals surface area contributed by atoms with Crippen LogP contribution in [-0.4, -0.2) is 52.9 Å². The first kappa shape index (κ1) is 24.3. The van der Waals surface area contributed by atoms with E-state index in [-0.39, 0.29) is 0 Å². The van der Waals surface area contributed by atoms with Crippen molar-refractivity contribution in [1.29, 1.82) is 0 Å². The minimum absolute atomic E-state index is 0.293. The SMILES string of the molecule is CC(CN1CC[C@H](C(C)(F)F)C1)[C@H]1CC[C@H]2/C(=C/C=C3C[C@@H](O)C[C@H](O)C3)CCC[C@]12C. The van der Waals surface area contributed by atoms with Crippen LogP contribution in [0.3, 0.4) is 0 Å². The van der Waals surface area contributed by atoms with Crippen molar-refractivity contribution >= 4 is 0 Å². The number of rotatable bonds is 5. The molecule has 1 saturated heterocycles. The molecule has 5 heteroatoms. The van der Waals surface area contributed by atoms with E-state index in [1.165, 1.54) is 25.7 Å². The van der Waals surface area contributed by atoms with Crippen LogP contribution in [0.2, 0.25) is 0 Å². The van der Waals surface area contributed by atoms with Crippen molar-refractivity contribution in [2.24, 2.45) is 29.1 Å². The number of nitrogens with zero attached hydrogens (tertiary/aromatic N) is 1. The second-order valence-electron chi connectivity index (χ2n) is 11.8. The largest absolute Gasteiger partial charge is 0.393 e. The van der Waals surface area contributed by atoms with E-state index in [9.17, 15) is 19.0 Å². The van der Waals surface area contributed by atoms with Crippen LogP contribution in [0.5, 0.6) is 0 Å². The predicted octanol–water partition coefficient (Wildman–Crippen LogP) is 5.57. The monoisotopic (exact) mass is 451 g/mol. The van der Waals surface area contributed by atoms with Gasteiger partial charge in [0.05, 0.1) is 12.2 Å². The fraction of sp³-hybridized carbons (Fsp3) is 0.852. The topological polar surface area (TPSA) is 43.7 Å². The summed E-state index contributed by atoms with van der Waals surface area (Å²) in [6.07, 6.45) is 12.2. The Bertz CT molecular complexity index is 718. The summed E-state index contributed by atoms with van der Waals surface area (Å²) in [5, 5.41) is 20.0. The molecule has 32 heavy (non-hydrogen) atoms. The van der Waals surface area contributed by atoms with E-state index in [0.29, 0.717) is 55.4 Å². The number of aliphatic hydroxyl groups is 2. The molecule has 0 aromatic heterocycles. The molecule has 2 N–H and O–H groups in total. The highest BCUT2D eigenvalue weighted by atomic mass is 19.3. The Morgan fingerprint density at radius 2 is 1.88 bits per heavy atom. The highest BCUT2D eigenvalue weighted by Crippen LogP contribution is 2.59. The number of hydrogen-bond donors (Lipinski definition) is 2. The lowest BCUT2D eigenvalue weighted by Gasteiger charge is -2.45. The third-order valence-electron chi connectivity index (χ3n) is 9.33. The average Bonchev–Trinajstić information content (AvgIpc) is 3.29. The first-order chi connectivity index (χ1) is 15.1. The standard InChI is InChI=1S/C27H43F2NO2/c1-18(16-30-12-10-21(17-30)27(3,28)29)24-8-9-25-20(5-4-11-26(24,25)2)7-6-19-13-22(31)15-23(32)14-19/h6-7,18,21-25,31-32H,4-5,8-17H2,1-3H3/b20-7+/t18?,21-,22+,23+,24+,25-,26+/m0/s1. The van der Waals surface area contributed by atoms with Crippen LogP contribution in [-0.2, 0) is 0 Å². The molecule has 3 aliphatic carbocycles. The van der Waals surface area contributed by atoms with Crippen LogP contribution in [0, 0.1) is 29.1 Å². The zero-order valence-electron chi connectivity index (χ0n) is 20.2. The van der Waals surface area contributed by atoms with Crippen LogP contribution in [0.15, 0.2) is 23.3 Å². The van der Waals surface area contributed by atoms with Gasteiger partial charge in [-0.25, -0.2) is 8.78 Å². The summed E-state index contributed by atoms with van der Waals surface area (Å²) in [6, 6.07) is 0. The molecule has 182 valence electrons. The highest BCUT2D eigenvalue weighted by molar-refractivity contribution is 5.26. The van der Waals surface area contributed by atoms with Crippen molar-refractivity contribution in [3.8, 4) is 0 Å². The van der Waals surface area contributed by atoms with Crippen LogP contribution in [0.1, 0.15) is 78.6 Å². The summed E-state index contributed by atoms with van der Waals surface area (Å²) in [5.74, 6) is -1.29. The number of allylic oxidation sites excluding steroid dienone is 3. The highest BCUT2D eigenvalue weighted by Gasteiger charge is 2.51. The first-order valence-corrected chi connectivity index (χ1v) is 12.9. The van der Waals surface area contributed by atoms with Gasteiger partial charge in [0.2, 0.25) is 5.92 Å². The average molecular weight is 452 g/mol. The minimum atomic E-state index is -2.57. The van der Waals surface area contributed by atoms with E-state index < -0.39 is 24.0 Å². The summed E-state index contributed by atoms with van der Waals surface area (Å²) in [5.41, 5.74) is 3.00. The normalized spacial score (nSPS) is 41.2. The van der Waals surface area contributed by atoms with Gasteiger partial charge in [0.15, 0.2) is 0 Å². The van der Waals surface area contributed by atoms with Gasteiger partial charge in [-0.3, -0.25) is 0 Å². The van der Waals surface area contributed by atoms with Gasteiger partial charge in [-0.15, -0.1) is 0 Å². The maximum absolute atomic E-state index is 13.7. The molecule has 0 aromatic rings. The van der Waals surface area contributed by atoms with Crippen molar-refractivity contribution < 1.29 is 19.0 Å². The molecule has 0 amide bonds. The summed E-state index contributed by atoms with van der Waals surface area (Å²) in [7, 11) is 0. The van der Waals surface area contributed by atoms with Crippen LogP contribution in [0.4, 0.5) is 8.78 Å². The summed E-state index contributed by atoms with van der Waals surface area (Å²) >= 11 is 0. The van der Waals surface area contributed by atoms with Crippen molar-refractivity contribution in [3.63, 3.8) is 0 Å². The Morgan fingerprint density at radius 3 is 2.53 bits per heavy atom. The zero-order chi connectivity index (χ0) is 23.1. The molecule has 7 atom stereocenters. The Balaban J connectivity index is 1.41. The predicted molar refractivity (Wildman–Crippen MR) is 125 cm³/mol. The Labute approximate surface area is 193 Å². The van der Waals surface area contributed by atoms with Gasteiger partial charge >= 0.3 is 0 Å². The van der Waals surface area contributed by atoms with Crippen LogP contribution in [0.25, 0.3) is 0 Å². The smallest absolute Gasteiger partial charge is 0.249 e. The lowest BCUT2D eigenvalue weighted by molar-refractivity contribution is -0.0360. The van der Waals surface area contributed by atoms with Crippen molar-refractivity contribution in [2.75, 3.05) is 19.6 Å². The molecule has 0 radical (unpaired) electrons. The molecule has 1 heterocycles. The zero-order valence-corrected chi connectivity index (χ0v) is 20.2. The Hall–Kier alpha value is -0.780. The van der Waals surface area contributed by atoms with E-state index >= 15 is 0 Å². The summed E-state index contributed by atoms with van der Waals surface area (Å²) < 4.78 is 27.5. The number of likely N-dealkylation sites (tertiary alicyclic amines) is 1. The Morgan fingerprint density at radius 1 is 1.16 bits per heavy atom. The van der Waals surface area contributed by atoms with E-state index in [0.717, 1.165) is 32.0 Å². The van der Waals surface area contributed by atoms with E-state index in [1.807, 2.05) is 0 Å². The maximum Gasteiger partial charge on any atom is 0.249 e. The van der Waals surface area contributed by atoms with E-state index in [1.54, 1.807) is 5.57 Å². The van der Waals surface area contributed by atoms with Gasteiger partial charge in [0.1, 0.15) is 0 Å². The maximum atomic E-state index is 13.7. The lowest BCUT2D eigenvalue weighted by Crippen LogP contribution is -2.40. The second kappa shape index (κ2) is 9.46. The molecule has 4 fully saturated rings. The molecule has 3 saturated carbocycles. The van der Waals surface area contributed by atoms with Crippen LogP contribution >= 0.6 is 0 Å². The summed E-state index contributed by atoms with van der Waals surface area (Å²) in [4.78, 5) is 2.28. The van der Waals surface area contributed by atoms with E-state index in [4.69, 9.17) is 0 Å². The third kappa shape index (κ3) is 5.15. The number of fused-ring (bicyclic) bond motifs is 1. The molecule has 0 spiro atoms. The summed E-state index contributed by atoms with van der Waals surface area (Å²) in [6.45, 7) is 8.19. The Kier molecular flexibility index (Phi) is 7.20. The number of halogens is 2. The molecule has 0 aromatic carbocycles. The third-order valence-corrected chi connectivity index (χ3v) is 9.33. The van der Waals surface area contributed by atoms with Crippen LogP contribution < -0.4 is 0 Å². The number of alkyl halides is 2. The van der Waals surface area contributed by atoms with Gasteiger partial charge in [0, 0.05) is 19.0 Å². The van der Waals surface area contributed by atoms with Gasteiger partial charge in [-0.2, -0.15) is 0 Å². The molecule has 1 aliphatic heterocycles. The quantitative estimate of drug-likeness (QED) is 0.574. The number of hydrogen-bond acceptors (Lipinski definition) is 3. The second-order valence-corrected chi connectivity index (χ2v) is 11.8. The number of aliphatic hydroxyl groups excluding tert-OH is 2. The van der Waals surface area contributed by atoms with Crippen molar-refractivity contribution in [2.45, 2.75) is 96.7 Å². The van der Waals surface area contributed by atoms with Gasteiger partial charge in [0.25, 0.3) is 0 Å². The fourth-order valence-corrected chi connectivity index (χ4v) is 7.69. The molecular formula is C27H43F2NO2. The van der Waals surface area contributed by atoms with Gasteiger partial charge < -0.3 is 15.1 Å². The molecule has 1 unspecified atom stereocenters. The van der Waals surface area contributed by atoms with Crippen molar-refractivity contribution in [3.05, 3.63) is 23.3 Å². The first-order valence-electron chi connectivity index (χ1n) is 12.9. The molecule has 4 rings (SSSR count).